The van der Waals surface area contributed by atoms with Gasteiger partial charge in [0.25, 0.3) is 0 Å². The smallest absolute Gasteiger partial charge is 0.250 e. The molecule has 0 aliphatic heterocycles. The number of hydrogen-bond acceptors (Lipinski definition) is 6. The number of carbonyl (C=O) groups is 1. The minimum absolute atomic E-state index is 0.0927. The van der Waals surface area contributed by atoms with E-state index in [0.29, 0.717) is 25.8 Å². The van der Waals surface area contributed by atoms with Gasteiger partial charge in [-0.05, 0) is 62.1 Å². The molecule has 1 aliphatic rings. The molecule has 1 fully saturated rings. The molecule has 3 rings (SSSR count). The number of hydroxylamine groups is 1. The number of carbonyl (C=O) groups excluding carboxylic acids is 1. The lowest BCUT2D eigenvalue weighted by Gasteiger charge is -2.41. The van der Waals surface area contributed by atoms with Crippen molar-refractivity contribution in [1.29, 1.82) is 0 Å². The second-order valence-corrected chi connectivity index (χ2v) is 9.72. The maximum atomic E-state index is 12.0. The van der Waals surface area contributed by atoms with E-state index in [-0.39, 0.29) is 24.7 Å². The van der Waals surface area contributed by atoms with Gasteiger partial charge in [-0.2, -0.15) is 5.10 Å². The monoisotopic (exact) mass is 473 g/mol. The highest BCUT2D eigenvalue weighted by Gasteiger charge is 2.41. The molecule has 0 saturated heterocycles. The van der Waals surface area contributed by atoms with Gasteiger partial charge in [-0.25, -0.2) is 9.69 Å². The molecule has 1 amide bonds. The molecule has 1 heterocycles. The Morgan fingerprint density at radius 1 is 1.39 bits per heavy atom. The molecule has 33 heavy (non-hydrogen) atoms. The largest absolute Gasteiger partial charge is 0.396 e. The fraction of sp³-hybridized carbons (Fsp3) is 0.478. The van der Waals surface area contributed by atoms with E-state index in [1.54, 1.807) is 16.4 Å². The van der Waals surface area contributed by atoms with Crippen molar-refractivity contribution in [3.8, 4) is 23.7 Å². The third-order valence-electron chi connectivity index (χ3n) is 5.91. The van der Waals surface area contributed by atoms with Crippen LogP contribution in [-0.4, -0.2) is 57.8 Å². The van der Waals surface area contributed by atoms with Gasteiger partial charge in [0, 0.05) is 36.7 Å². The fourth-order valence-electron chi connectivity index (χ4n) is 3.93. The molecule has 176 valence electrons. The quantitative estimate of drug-likeness (QED) is 0.167. The third-order valence-corrected chi connectivity index (χ3v) is 6.79. The van der Waals surface area contributed by atoms with Gasteiger partial charge in [0.05, 0.1) is 22.3 Å². The van der Waals surface area contributed by atoms with E-state index in [4.69, 9.17) is 10.3 Å². The Hall–Kier alpha value is -2.73. The molecule has 1 aromatic heterocycles. The Balaban J connectivity index is 1.63. The molecule has 10 heteroatoms. The van der Waals surface area contributed by atoms with Crippen molar-refractivity contribution in [3.63, 3.8) is 0 Å². The topological polar surface area (TPSA) is 145 Å². The van der Waals surface area contributed by atoms with Gasteiger partial charge in [-0.15, -0.1) is 0 Å². The minimum atomic E-state index is -2.19. The van der Waals surface area contributed by atoms with E-state index in [1.807, 2.05) is 18.2 Å². The van der Waals surface area contributed by atoms with Gasteiger partial charge in [-0.3, -0.25) is 14.7 Å². The predicted octanol–water partition coefficient (Wildman–Crippen LogP) is 1.04. The van der Waals surface area contributed by atoms with Crippen LogP contribution < -0.4 is 5.48 Å². The van der Waals surface area contributed by atoms with Crippen LogP contribution in [0.4, 0.5) is 0 Å². The third kappa shape index (κ3) is 6.41. The Labute approximate surface area is 194 Å². The number of aromatic nitrogens is 2. The van der Waals surface area contributed by atoms with Crippen molar-refractivity contribution < 1.29 is 29.0 Å². The van der Waals surface area contributed by atoms with Gasteiger partial charge in [0.15, 0.2) is 11.1 Å². The van der Waals surface area contributed by atoms with Crippen molar-refractivity contribution >= 4 is 27.9 Å². The van der Waals surface area contributed by atoms with Crippen LogP contribution in [0.15, 0.2) is 24.4 Å². The molecule has 1 unspecified atom stereocenters. The first kappa shape index (κ1) is 24.9. The normalized spacial score (nSPS) is 22.2. The predicted molar refractivity (Wildman–Crippen MR) is 122 cm³/mol. The summed E-state index contributed by atoms with van der Waals surface area (Å²) in [7, 11) is 0. The first-order valence-electron chi connectivity index (χ1n) is 10.5. The zero-order valence-corrected chi connectivity index (χ0v) is 19.1. The Morgan fingerprint density at radius 2 is 2.15 bits per heavy atom. The molecule has 2 atom stereocenters. The van der Waals surface area contributed by atoms with Gasteiger partial charge >= 0.3 is 0 Å². The molecule has 0 spiro atoms. The zero-order valence-electron chi connectivity index (χ0n) is 18.2. The number of benzene rings is 1. The van der Waals surface area contributed by atoms with Crippen molar-refractivity contribution in [2.75, 3.05) is 12.4 Å². The summed E-state index contributed by atoms with van der Waals surface area (Å²) in [6.45, 7) is 1.91. The van der Waals surface area contributed by atoms with Crippen molar-refractivity contribution in [2.45, 2.75) is 44.8 Å². The lowest BCUT2D eigenvalue weighted by atomic mass is 9.70. The summed E-state index contributed by atoms with van der Waals surface area (Å²) in [4.78, 5) is 12.0. The molecule has 1 aromatic carbocycles. The minimum Gasteiger partial charge on any atom is -0.396 e. The SMILES string of the molecule is C[C@](CCn1cc2cc(C#CC#CCC3(O)CC(CO)C3)ccc2n1)(CS(=O)O)C(=O)NO. The fourth-order valence-corrected chi connectivity index (χ4v) is 4.75. The lowest BCUT2D eigenvalue weighted by Crippen LogP contribution is -2.44. The molecular weight excluding hydrogens is 446 g/mol. The lowest BCUT2D eigenvalue weighted by molar-refractivity contribution is -0.138. The molecule has 1 saturated carbocycles. The van der Waals surface area contributed by atoms with E-state index in [1.165, 1.54) is 6.92 Å². The van der Waals surface area contributed by atoms with E-state index < -0.39 is 28.0 Å². The summed E-state index contributed by atoms with van der Waals surface area (Å²) in [5.41, 5.74) is 1.01. The average Bonchev–Trinajstić information content (AvgIpc) is 3.16. The van der Waals surface area contributed by atoms with Crippen LogP contribution in [0.25, 0.3) is 10.9 Å². The summed E-state index contributed by atoms with van der Waals surface area (Å²) >= 11 is -2.19. The van der Waals surface area contributed by atoms with E-state index >= 15 is 0 Å². The van der Waals surface area contributed by atoms with Crippen LogP contribution in [0.2, 0.25) is 0 Å². The number of aliphatic hydroxyl groups excluding tert-OH is 1. The summed E-state index contributed by atoms with van der Waals surface area (Å²) in [5.74, 6) is 10.5. The van der Waals surface area contributed by atoms with Gasteiger partial charge < -0.3 is 14.8 Å². The first-order valence-corrected chi connectivity index (χ1v) is 11.8. The number of amides is 1. The number of aliphatic hydroxyl groups is 2. The molecule has 5 N–H and O–H groups in total. The van der Waals surface area contributed by atoms with Crippen LogP contribution in [0.5, 0.6) is 0 Å². The van der Waals surface area contributed by atoms with E-state index in [9.17, 15) is 18.7 Å². The highest BCUT2D eigenvalue weighted by atomic mass is 32.2. The Bertz CT molecular complexity index is 1170. The summed E-state index contributed by atoms with van der Waals surface area (Å²) in [6, 6.07) is 5.50. The van der Waals surface area contributed by atoms with Gasteiger partial charge in [0.2, 0.25) is 5.91 Å². The number of hydrogen-bond donors (Lipinski definition) is 5. The second kappa shape index (κ2) is 10.5. The summed E-state index contributed by atoms with van der Waals surface area (Å²) in [6.07, 6.45) is 3.46. The second-order valence-electron chi connectivity index (χ2n) is 8.79. The van der Waals surface area contributed by atoms with E-state index in [0.717, 1.165) is 16.5 Å². The Morgan fingerprint density at radius 3 is 2.82 bits per heavy atom. The van der Waals surface area contributed by atoms with Crippen molar-refractivity contribution in [1.82, 2.24) is 15.3 Å². The highest BCUT2D eigenvalue weighted by molar-refractivity contribution is 7.79. The van der Waals surface area contributed by atoms with Crippen LogP contribution in [0.1, 0.15) is 38.2 Å². The van der Waals surface area contributed by atoms with Crippen molar-refractivity contribution in [2.24, 2.45) is 11.3 Å². The molecule has 1 aliphatic carbocycles. The molecule has 0 radical (unpaired) electrons. The van der Waals surface area contributed by atoms with Gasteiger partial charge in [0.1, 0.15) is 0 Å². The number of aryl methyl sites for hydroxylation is 1. The van der Waals surface area contributed by atoms with Crippen LogP contribution in [0, 0.1) is 35.0 Å². The summed E-state index contributed by atoms with van der Waals surface area (Å²) in [5, 5.41) is 33.5. The number of nitrogens with one attached hydrogen (secondary N) is 1. The Kier molecular flexibility index (Phi) is 7.90. The molecular formula is C23H27N3O6S. The maximum absolute atomic E-state index is 12.0. The van der Waals surface area contributed by atoms with Crippen LogP contribution in [-0.2, 0) is 22.4 Å². The van der Waals surface area contributed by atoms with E-state index in [2.05, 4.69) is 28.8 Å². The van der Waals surface area contributed by atoms with Crippen molar-refractivity contribution in [3.05, 3.63) is 30.0 Å². The highest BCUT2D eigenvalue weighted by Crippen LogP contribution is 2.39. The average molecular weight is 474 g/mol. The molecule has 9 nitrogen and oxygen atoms in total. The molecule has 2 aromatic rings. The van der Waals surface area contributed by atoms with Crippen LogP contribution >= 0.6 is 0 Å². The van der Waals surface area contributed by atoms with Crippen LogP contribution in [0.3, 0.4) is 0 Å². The standard InChI is InChI=1S/C23H27N3O6S/c1-22(16-33(31)32,21(28)25-30)9-10-26-14-19-11-17(6-7-20(19)24-26)5-3-2-4-8-23(29)12-18(13-23)15-27/h6-7,11,14,18,27,29-30H,8-10,12-13,15-16H2,1H3,(H,25,28)(H,31,32)/t18?,22-,23?/m0/s1. The van der Waals surface area contributed by atoms with Gasteiger partial charge in [-0.1, -0.05) is 11.8 Å². The first-order chi connectivity index (χ1) is 15.7. The summed E-state index contributed by atoms with van der Waals surface area (Å²) < 4.78 is 22.1. The number of nitrogens with zero attached hydrogens (tertiary/aromatic N) is 2. The number of fused-ring (bicyclic) bond motifs is 1. The zero-order chi connectivity index (χ0) is 24.1. The number of rotatable bonds is 8. The molecule has 0 bridgehead atoms. The maximum Gasteiger partial charge on any atom is 0.250 e.